The van der Waals surface area contributed by atoms with E-state index in [0.717, 1.165) is 34.1 Å². The van der Waals surface area contributed by atoms with Crippen LogP contribution in [0.2, 0.25) is 0 Å². The van der Waals surface area contributed by atoms with Crippen molar-refractivity contribution in [3.63, 3.8) is 0 Å². The Morgan fingerprint density at radius 2 is 1.96 bits per heavy atom. The lowest BCUT2D eigenvalue weighted by molar-refractivity contribution is -0.128. The Morgan fingerprint density at radius 1 is 1.12 bits per heavy atom. The first-order valence-electron chi connectivity index (χ1n) is 8.21. The normalized spacial score (nSPS) is 18.3. The molecule has 26 heavy (non-hydrogen) atoms. The maximum atomic E-state index is 12.5. The Bertz CT molecular complexity index is 841. The van der Waals surface area contributed by atoms with Gasteiger partial charge in [0.25, 0.3) is 0 Å². The third-order valence-corrected chi connectivity index (χ3v) is 5.70. The van der Waals surface area contributed by atoms with E-state index in [4.69, 9.17) is 18.9 Å². The van der Waals surface area contributed by atoms with Gasteiger partial charge in [0.1, 0.15) is 16.9 Å². The molecule has 1 unspecified atom stereocenters. The molecule has 1 amide bonds. The molecule has 0 radical (unpaired) electrons. The van der Waals surface area contributed by atoms with Gasteiger partial charge in [-0.1, -0.05) is 6.07 Å². The van der Waals surface area contributed by atoms with E-state index in [1.165, 1.54) is 0 Å². The standard InChI is InChI=1S/C19H19NO5S/c1-22-13-4-6-15(23-2)14(8-13)19-20(18(21)10-26-19)9-12-3-5-16-17(7-12)25-11-24-16/h3-8,19H,9-11H2,1-2H3. The highest BCUT2D eigenvalue weighted by molar-refractivity contribution is 8.00. The molecular formula is C19H19NO5S. The van der Waals surface area contributed by atoms with Crippen molar-refractivity contribution in [3.8, 4) is 23.0 Å². The second-order valence-corrected chi connectivity index (χ2v) is 7.05. The molecular weight excluding hydrogens is 354 g/mol. The second-order valence-electron chi connectivity index (χ2n) is 5.98. The van der Waals surface area contributed by atoms with Crippen LogP contribution in [0.15, 0.2) is 36.4 Å². The lowest BCUT2D eigenvalue weighted by Gasteiger charge is -2.26. The Labute approximate surface area is 156 Å². The maximum Gasteiger partial charge on any atom is 0.234 e. The second kappa shape index (κ2) is 6.99. The fourth-order valence-corrected chi connectivity index (χ4v) is 4.35. The number of carbonyl (C=O) groups is 1. The summed E-state index contributed by atoms with van der Waals surface area (Å²) in [5.74, 6) is 3.48. The van der Waals surface area contributed by atoms with Crippen LogP contribution in [0.25, 0.3) is 0 Å². The minimum absolute atomic E-state index is 0.0996. The van der Waals surface area contributed by atoms with E-state index >= 15 is 0 Å². The Kier molecular flexibility index (Phi) is 4.55. The van der Waals surface area contributed by atoms with Crippen LogP contribution in [-0.2, 0) is 11.3 Å². The quantitative estimate of drug-likeness (QED) is 0.802. The number of amides is 1. The van der Waals surface area contributed by atoms with Gasteiger partial charge in [-0.25, -0.2) is 0 Å². The van der Waals surface area contributed by atoms with Gasteiger partial charge in [-0.05, 0) is 35.9 Å². The van der Waals surface area contributed by atoms with Crippen LogP contribution in [0.1, 0.15) is 16.5 Å². The zero-order valence-electron chi connectivity index (χ0n) is 14.6. The first kappa shape index (κ1) is 16.9. The van der Waals surface area contributed by atoms with Crippen LogP contribution in [0.4, 0.5) is 0 Å². The summed E-state index contributed by atoms with van der Waals surface area (Å²) in [5.41, 5.74) is 1.93. The number of benzene rings is 2. The van der Waals surface area contributed by atoms with E-state index in [2.05, 4.69) is 0 Å². The van der Waals surface area contributed by atoms with Crippen LogP contribution in [0.3, 0.4) is 0 Å². The fraction of sp³-hybridized carbons (Fsp3) is 0.316. The van der Waals surface area contributed by atoms with Crippen molar-refractivity contribution in [1.82, 2.24) is 4.90 Å². The number of nitrogens with zero attached hydrogens (tertiary/aromatic N) is 1. The SMILES string of the molecule is COc1ccc(OC)c(C2SCC(=O)N2Cc2ccc3c(c2)OCO3)c1. The van der Waals surface area contributed by atoms with Crippen molar-refractivity contribution in [1.29, 1.82) is 0 Å². The van der Waals surface area contributed by atoms with Gasteiger partial charge in [0, 0.05) is 12.1 Å². The van der Waals surface area contributed by atoms with Gasteiger partial charge in [-0.3, -0.25) is 4.79 Å². The van der Waals surface area contributed by atoms with E-state index in [-0.39, 0.29) is 18.1 Å². The number of hydrogen-bond donors (Lipinski definition) is 0. The number of ether oxygens (including phenoxy) is 4. The first-order valence-corrected chi connectivity index (χ1v) is 9.26. The molecule has 2 aromatic rings. The summed E-state index contributed by atoms with van der Waals surface area (Å²) in [5, 5.41) is -0.127. The molecule has 0 aromatic heterocycles. The van der Waals surface area contributed by atoms with E-state index < -0.39 is 0 Å². The summed E-state index contributed by atoms with van der Waals surface area (Å²) in [6, 6.07) is 11.4. The molecule has 1 fully saturated rings. The highest BCUT2D eigenvalue weighted by Crippen LogP contribution is 2.44. The van der Waals surface area contributed by atoms with Crippen LogP contribution in [-0.4, -0.2) is 37.6 Å². The van der Waals surface area contributed by atoms with Crippen molar-refractivity contribution in [2.75, 3.05) is 26.8 Å². The Hall–Kier alpha value is -2.54. The molecule has 2 aliphatic heterocycles. The molecule has 1 atom stereocenters. The van der Waals surface area contributed by atoms with Crippen molar-refractivity contribution >= 4 is 17.7 Å². The first-order chi connectivity index (χ1) is 12.7. The van der Waals surface area contributed by atoms with Crippen molar-refractivity contribution in [3.05, 3.63) is 47.5 Å². The molecule has 0 N–H and O–H groups in total. The molecule has 2 aliphatic rings. The monoisotopic (exact) mass is 373 g/mol. The zero-order valence-corrected chi connectivity index (χ0v) is 15.4. The average Bonchev–Trinajstić information content (AvgIpc) is 3.28. The lowest BCUT2D eigenvalue weighted by Crippen LogP contribution is -2.27. The number of carbonyl (C=O) groups excluding carboxylic acids is 1. The molecule has 0 spiro atoms. The Morgan fingerprint density at radius 3 is 2.77 bits per heavy atom. The van der Waals surface area contributed by atoms with Crippen molar-refractivity contribution in [2.24, 2.45) is 0 Å². The zero-order chi connectivity index (χ0) is 18.1. The third kappa shape index (κ3) is 3.03. The van der Waals surface area contributed by atoms with Gasteiger partial charge < -0.3 is 23.8 Å². The van der Waals surface area contributed by atoms with Crippen molar-refractivity contribution < 1.29 is 23.7 Å². The van der Waals surface area contributed by atoms with Crippen molar-refractivity contribution in [2.45, 2.75) is 11.9 Å². The van der Waals surface area contributed by atoms with Gasteiger partial charge >= 0.3 is 0 Å². The summed E-state index contributed by atoms with van der Waals surface area (Å²) in [6.07, 6.45) is 0. The average molecular weight is 373 g/mol. The summed E-state index contributed by atoms with van der Waals surface area (Å²) in [4.78, 5) is 14.4. The van der Waals surface area contributed by atoms with E-state index in [1.807, 2.05) is 41.3 Å². The predicted octanol–water partition coefficient (Wildman–Crippen LogP) is 3.21. The summed E-state index contributed by atoms with van der Waals surface area (Å²) >= 11 is 1.59. The minimum Gasteiger partial charge on any atom is -0.497 e. The molecule has 0 saturated carbocycles. The number of thioether (sulfide) groups is 1. The maximum absolute atomic E-state index is 12.5. The molecule has 0 aliphatic carbocycles. The summed E-state index contributed by atoms with van der Waals surface area (Å²) in [6.45, 7) is 0.731. The predicted molar refractivity (Wildman–Crippen MR) is 97.9 cm³/mol. The highest BCUT2D eigenvalue weighted by atomic mass is 32.2. The molecule has 4 rings (SSSR count). The van der Waals surface area contributed by atoms with Gasteiger partial charge in [-0.15, -0.1) is 11.8 Å². The summed E-state index contributed by atoms with van der Waals surface area (Å²) in [7, 11) is 3.26. The highest BCUT2D eigenvalue weighted by Gasteiger charge is 2.35. The third-order valence-electron chi connectivity index (χ3n) is 4.46. The molecule has 1 saturated heterocycles. The van der Waals surface area contributed by atoms with Crippen LogP contribution in [0.5, 0.6) is 23.0 Å². The topological polar surface area (TPSA) is 57.2 Å². The van der Waals surface area contributed by atoms with E-state index in [1.54, 1.807) is 26.0 Å². The molecule has 7 heteroatoms. The molecule has 136 valence electrons. The van der Waals surface area contributed by atoms with Gasteiger partial charge in [0.05, 0.1) is 20.0 Å². The van der Waals surface area contributed by atoms with Gasteiger partial charge in [-0.2, -0.15) is 0 Å². The van der Waals surface area contributed by atoms with Gasteiger partial charge in [0.15, 0.2) is 11.5 Å². The molecule has 2 heterocycles. The number of fused-ring (bicyclic) bond motifs is 1. The molecule has 0 bridgehead atoms. The number of hydrogen-bond acceptors (Lipinski definition) is 6. The fourth-order valence-electron chi connectivity index (χ4n) is 3.15. The lowest BCUT2D eigenvalue weighted by atomic mass is 10.1. The molecule has 6 nitrogen and oxygen atoms in total. The van der Waals surface area contributed by atoms with E-state index in [9.17, 15) is 4.79 Å². The van der Waals surface area contributed by atoms with Crippen LogP contribution in [0, 0.1) is 0 Å². The largest absolute Gasteiger partial charge is 0.497 e. The molecule has 2 aromatic carbocycles. The Balaban J connectivity index is 1.64. The van der Waals surface area contributed by atoms with E-state index in [0.29, 0.717) is 12.3 Å². The number of rotatable bonds is 5. The smallest absolute Gasteiger partial charge is 0.234 e. The van der Waals surface area contributed by atoms with Gasteiger partial charge in [0.2, 0.25) is 12.7 Å². The number of methoxy groups -OCH3 is 2. The summed E-state index contributed by atoms with van der Waals surface area (Å²) < 4.78 is 21.6. The van der Waals surface area contributed by atoms with Crippen LogP contribution >= 0.6 is 11.8 Å². The minimum atomic E-state index is -0.127. The van der Waals surface area contributed by atoms with Crippen LogP contribution < -0.4 is 18.9 Å².